The molecule has 0 unspecified atom stereocenters. The van der Waals surface area contributed by atoms with Crippen molar-refractivity contribution >= 4 is 22.8 Å². The van der Waals surface area contributed by atoms with Crippen molar-refractivity contribution in [1.29, 1.82) is 0 Å². The average molecular weight is 331 g/mol. The highest BCUT2D eigenvalue weighted by molar-refractivity contribution is 5.80. The first-order valence-electron chi connectivity index (χ1n) is 7.92. The summed E-state index contributed by atoms with van der Waals surface area (Å²) in [6.07, 6.45) is 1.09. The van der Waals surface area contributed by atoms with Gasteiger partial charge in [-0.1, -0.05) is 19.1 Å². The average Bonchev–Trinajstić information content (AvgIpc) is 2.58. The molecule has 24 heavy (non-hydrogen) atoms. The molecule has 0 radical (unpaired) electrons. The van der Waals surface area contributed by atoms with Gasteiger partial charge in [0.2, 0.25) is 0 Å². The van der Waals surface area contributed by atoms with Crippen LogP contribution in [-0.2, 0) is 20.7 Å². The van der Waals surface area contributed by atoms with Gasteiger partial charge in [0.25, 0.3) is 11.5 Å². The second-order valence-corrected chi connectivity index (χ2v) is 5.57. The molecule has 0 aliphatic heterocycles. The number of benzene rings is 1. The second-order valence-electron chi connectivity index (χ2n) is 5.57. The summed E-state index contributed by atoms with van der Waals surface area (Å²) in [6.45, 7) is 3.53. The van der Waals surface area contributed by atoms with Crippen LogP contribution >= 0.6 is 0 Å². The topological polar surface area (TPSA) is 101 Å². The Bertz CT molecular complexity index is 785. The molecule has 0 aliphatic carbocycles. The number of nitrogens with zero attached hydrogens (tertiary/aromatic N) is 1. The maximum atomic E-state index is 11.9. The van der Waals surface area contributed by atoms with Crippen LogP contribution in [-0.4, -0.2) is 34.5 Å². The number of rotatable bonds is 7. The zero-order valence-electron chi connectivity index (χ0n) is 13.8. The standard InChI is InChI=1S/C17H21N3O4/c1-3-11(2)18-15(21)10-24-16(22)9-8-14-19-13-7-5-4-6-12(13)17(23)20-14/h4-7,11H,3,8-10H2,1-2H3,(H,18,21)(H,19,20,23)/t11-/m0/s1. The molecule has 128 valence electrons. The van der Waals surface area contributed by atoms with Crippen LogP contribution in [0.1, 0.15) is 32.5 Å². The first-order valence-corrected chi connectivity index (χ1v) is 7.92. The Balaban J connectivity index is 1.86. The van der Waals surface area contributed by atoms with Crippen LogP contribution < -0.4 is 10.9 Å². The van der Waals surface area contributed by atoms with Crippen molar-refractivity contribution in [3.05, 3.63) is 40.4 Å². The van der Waals surface area contributed by atoms with Gasteiger partial charge in [-0.3, -0.25) is 14.4 Å². The molecule has 2 N–H and O–H groups in total. The molecule has 0 bridgehead atoms. The Morgan fingerprint density at radius 3 is 2.83 bits per heavy atom. The molecule has 1 atom stereocenters. The van der Waals surface area contributed by atoms with Gasteiger partial charge in [-0.2, -0.15) is 0 Å². The summed E-state index contributed by atoms with van der Waals surface area (Å²) < 4.78 is 4.92. The summed E-state index contributed by atoms with van der Waals surface area (Å²) in [5.41, 5.74) is 0.342. The van der Waals surface area contributed by atoms with Gasteiger partial charge in [-0.05, 0) is 25.5 Å². The van der Waals surface area contributed by atoms with E-state index in [9.17, 15) is 14.4 Å². The van der Waals surface area contributed by atoms with E-state index in [0.717, 1.165) is 6.42 Å². The summed E-state index contributed by atoms with van der Waals surface area (Å²) in [4.78, 5) is 42.1. The SMILES string of the molecule is CC[C@H](C)NC(=O)COC(=O)CCc1nc2ccccc2c(=O)[nH]1. The van der Waals surface area contributed by atoms with E-state index >= 15 is 0 Å². The number of amides is 1. The Hall–Kier alpha value is -2.70. The number of hydrogen-bond acceptors (Lipinski definition) is 5. The zero-order valence-corrected chi connectivity index (χ0v) is 13.8. The third-order valence-corrected chi connectivity index (χ3v) is 3.61. The third kappa shape index (κ3) is 4.91. The van der Waals surface area contributed by atoms with Crippen molar-refractivity contribution < 1.29 is 14.3 Å². The van der Waals surface area contributed by atoms with E-state index in [-0.39, 0.29) is 37.0 Å². The number of aromatic amines is 1. The number of nitrogens with one attached hydrogen (secondary N) is 2. The van der Waals surface area contributed by atoms with Gasteiger partial charge in [0.05, 0.1) is 17.3 Å². The lowest BCUT2D eigenvalue weighted by atomic mass is 10.2. The molecule has 2 aromatic rings. The fourth-order valence-electron chi connectivity index (χ4n) is 2.11. The van der Waals surface area contributed by atoms with Gasteiger partial charge in [0.1, 0.15) is 5.82 Å². The van der Waals surface area contributed by atoms with Gasteiger partial charge in [-0.15, -0.1) is 0 Å². The number of aromatic nitrogens is 2. The first-order chi connectivity index (χ1) is 11.5. The van der Waals surface area contributed by atoms with Crippen molar-refractivity contribution in [2.24, 2.45) is 0 Å². The van der Waals surface area contributed by atoms with Crippen LogP contribution in [0, 0.1) is 0 Å². The van der Waals surface area contributed by atoms with E-state index in [1.807, 2.05) is 13.8 Å². The Kier molecular flexibility index (Phi) is 6.06. The van der Waals surface area contributed by atoms with Gasteiger partial charge < -0.3 is 15.0 Å². The minimum Gasteiger partial charge on any atom is -0.456 e. The highest BCUT2D eigenvalue weighted by atomic mass is 16.5. The largest absolute Gasteiger partial charge is 0.456 e. The molecule has 2 rings (SSSR count). The maximum absolute atomic E-state index is 11.9. The van der Waals surface area contributed by atoms with Gasteiger partial charge in [0, 0.05) is 12.5 Å². The third-order valence-electron chi connectivity index (χ3n) is 3.61. The van der Waals surface area contributed by atoms with E-state index in [1.165, 1.54) is 0 Å². The maximum Gasteiger partial charge on any atom is 0.306 e. The van der Waals surface area contributed by atoms with Crippen molar-refractivity contribution in [3.63, 3.8) is 0 Å². The number of esters is 1. The molecule has 0 fully saturated rings. The fourth-order valence-corrected chi connectivity index (χ4v) is 2.11. The minimum absolute atomic E-state index is 0.0396. The van der Waals surface area contributed by atoms with Crippen LogP contribution in [0.15, 0.2) is 29.1 Å². The smallest absolute Gasteiger partial charge is 0.306 e. The van der Waals surface area contributed by atoms with Crippen LogP contribution in [0.4, 0.5) is 0 Å². The predicted octanol–water partition coefficient (Wildman–Crippen LogP) is 1.31. The number of H-pyrrole nitrogens is 1. The molecule has 7 heteroatoms. The molecule has 1 heterocycles. The Morgan fingerprint density at radius 2 is 2.08 bits per heavy atom. The lowest BCUT2D eigenvalue weighted by Gasteiger charge is -2.11. The van der Waals surface area contributed by atoms with E-state index in [4.69, 9.17) is 4.74 Å². The number of para-hydroxylation sites is 1. The van der Waals surface area contributed by atoms with Gasteiger partial charge in [-0.25, -0.2) is 4.98 Å². The van der Waals surface area contributed by atoms with Crippen molar-refractivity contribution in [2.45, 2.75) is 39.2 Å². The van der Waals surface area contributed by atoms with Gasteiger partial charge >= 0.3 is 5.97 Å². The van der Waals surface area contributed by atoms with Crippen LogP contribution in [0.2, 0.25) is 0 Å². The van der Waals surface area contributed by atoms with Crippen LogP contribution in [0.25, 0.3) is 10.9 Å². The molecular weight excluding hydrogens is 310 g/mol. The normalized spacial score (nSPS) is 11.9. The van der Waals surface area contributed by atoms with Crippen LogP contribution in [0.3, 0.4) is 0 Å². The number of carbonyl (C=O) groups is 2. The molecule has 7 nitrogen and oxygen atoms in total. The van der Waals surface area contributed by atoms with E-state index < -0.39 is 5.97 Å². The summed E-state index contributed by atoms with van der Waals surface area (Å²) in [6, 6.07) is 7.03. The monoisotopic (exact) mass is 331 g/mol. The number of hydrogen-bond donors (Lipinski definition) is 2. The Labute approximate surface area is 139 Å². The molecule has 0 spiro atoms. The Morgan fingerprint density at radius 1 is 1.33 bits per heavy atom. The fraction of sp³-hybridized carbons (Fsp3) is 0.412. The summed E-state index contributed by atoms with van der Waals surface area (Å²) in [5.74, 6) is -0.417. The summed E-state index contributed by atoms with van der Waals surface area (Å²) in [7, 11) is 0. The number of carbonyl (C=O) groups excluding carboxylic acids is 2. The highest BCUT2D eigenvalue weighted by Gasteiger charge is 2.11. The quantitative estimate of drug-likeness (QED) is 0.745. The number of ether oxygens (including phenoxy) is 1. The highest BCUT2D eigenvalue weighted by Crippen LogP contribution is 2.06. The molecule has 0 saturated carbocycles. The second kappa shape index (κ2) is 8.24. The van der Waals surface area contributed by atoms with Gasteiger partial charge in [0.15, 0.2) is 6.61 Å². The number of aryl methyl sites for hydroxylation is 1. The first kappa shape index (κ1) is 17.7. The van der Waals surface area contributed by atoms with E-state index in [0.29, 0.717) is 16.7 Å². The summed E-state index contributed by atoms with van der Waals surface area (Å²) >= 11 is 0. The summed E-state index contributed by atoms with van der Waals surface area (Å²) in [5, 5.41) is 3.22. The molecule has 0 aliphatic rings. The lowest BCUT2D eigenvalue weighted by molar-refractivity contribution is -0.148. The molecular formula is C17H21N3O4. The molecule has 0 saturated heterocycles. The molecule has 1 amide bonds. The van der Waals surface area contributed by atoms with Crippen LogP contribution in [0.5, 0.6) is 0 Å². The zero-order chi connectivity index (χ0) is 17.5. The van der Waals surface area contributed by atoms with E-state index in [1.54, 1.807) is 24.3 Å². The van der Waals surface area contributed by atoms with Crippen molar-refractivity contribution in [3.8, 4) is 0 Å². The number of fused-ring (bicyclic) bond motifs is 1. The van der Waals surface area contributed by atoms with Crippen molar-refractivity contribution in [2.75, 3.05) is 6.61 Å². The van der Waals surface area contributed by atoms with E-state index in [2.05, 4.69) is 15.3 Å². The lowest BCUT2D eigenvalue weighted by Crippen LogP contribution is -2.35. The minimum atomic E-state index is -0.509. The van der Waals surface area contributed by atoms with Crippen molar-refractivity contribution in [1.82, 2.24) is 15.3 Å². The predicted molar refractivity (Wildman–Crippen MR) is 89.5 cm³/mol. The molecule has 1 aromatic heterocycles. The molecule has 1 aromatic carbocycles.